The Morgan fingerprint density at radius 1 is 1.67 bits per heavy atom. The summed E-state index contributed by atoms with van der Waals surface area (Å²) in [7, 11) is 0. The van der Waals surface area contributed by atoms with Gasteiger partial charge in [-0.25, -0.2) is 4.98 Å². The van der Waals surface area contributed by atoms with Crippen molar-refractivity contribution in [1.82, 2.24) is 10.3 Å². The van der Waals surface area contributed by atoms with Gasteiger partial charge in [0.2, 0.25) is 0 Å². The van der Waals surface area contributed by atoms with E-state index < -0.39 is 0 Å². The molecule has 0 radical (unpaired) electrons. The molecular formula is C7H4BrClN2O. The highest BCUT2D eigenvalue weighted by atomic mass is 79.9. The van der Waals surface area contributed by atoms with Crippen LogP contribution in [0.4, 0.5) is 0 Å². The molecule has 1 aromatic heterocycles. The lowest BCUT2D eigenvalue weighted by Gasteiger charge is -1.99. The summed E-state index contributed by atoms with van der Waals surface area (Å²) < 4.78 is 0.681. The second-order valence-electron chi connectivity index (χ2n) is 2.43. The van der Waals surface area contributed by atoms with Crippen LogP contribution in [0.5, 0.6) is 0 Å². The first kappa shape index (κ1) is 8.01. The molecule has 1 amide bonds. The molecular weight excluding hydrogens is 243 g/mol. The summed E-state index contributed by atoms with van der Waals surface area (Å²) in [4.78, 5) is 15.2. The molecule has 62 valence electrons. The minimum atomic E-state index is -0.127. The summed E-state index contributed by atoms with van der Waals surface area (Å²) in [5.74, 6) is -0.127. The average Bonchev–Trinajstić information content (AvgIpc) is 2.42. The van der Waals surface area contributed by atoms with Crippen molar-refractivity contribution in [2.24, 2.45) is 0 Å². The number of carbonyl (C=O) groups excluding carboxylic acids is 1. The lowest BCUT2D eigenvalue weighted by molar-refractivity contribution is 0.0966. The van der Waals surface area contributed by atoms with Crippen molar-refractivity contribution in [3.63, 3.8) is 0 Å². The van der Waals surface area contributed by atoms with E-state index in [1.807, 2.05) is 0 Å². The van der Waals surface area contributed by atoms with Crippen LogP contribution in [0.2, 0.25) is 5.02 Å². The maximum atomic E-state index is 11.2. The van der Waals surface area contributed by atoms with Crippen molar-refractivity contribution >= 4 is 33.4 Å². The standard InChI is InChI=1S/C7H4BrClN2O/c8-6-3-1-11-7(12)5(3)4(9)2-10-6/h2H,1H2,(H,11,12). The number of hydrogen-bond acceptors (Lipinski definition) is 2. The molecule has 0 saturated carbocycles. The number of pyridine rings is 1. The third-order valence-corrected chi connectivity index (χ3v) is 2.70. The molecule has 0 fully saturated rings. The molecule has 0 spiro atoms. The van der Waals surface area contributed by atoms with Crippen LogP contribution in [-0.4, -0.2) is 10.9 Å². The van der Waals surface area contributed by atoms with Gasteiger partial charge in [0.05, 0.1) is 10.6 Å². The van der Waals surface area contributed by atoms with Crippen LogP contribution in [-0.2, 0) is 6.54 Å². The van der Waals surface area contributed by atoms with Gasteiger partial charge in [-0.1, -0.05) is 11.6 Å². The van der Waals surface area contributed by atoms with Crippen LogP contribution in [0.25, 0.3) is 0 Å². The number of rotatable bonds is 0. The molecule has 3 nitrogen and oxygen atoms in total. The summed E-state index contributed by atoms with van der Waals surface area (Å²) in [5.41, 5.74) is 1.38. The number of carbonyl (C=O) groups is 1. The first-order valence-corrected chi connectivity index (χ1v) is 4.48. The fourth-order valence-corrected chi connectivity index (χ4v) is 1.86. The number of amides is 1. The fraction of sp³-hybridized carbons (Fsp3) is 0.143. The van der Waals surface area contributed by atoms with Gasteiger partial charge in [0.1, 0.15) is 4.60 Å². The van der Waals surface area contributed by atoms with Crippen molar-refractivity contribution in [3.05, 3.63) is 26.9 Å². The van der Waals surface area contributed by atoms with Gasteiger partial charge < -0.3 is 5.32 Å². The Bertz CT molecular complexity index is 367. The van der Waals surface area contributed by atoms with Gasteiger partial charge in [-0.15, -0.1) is 0 Å². The van der Waals surface area contributed by atoms with Crippen LogP contribution < -0.4 is 5.32 Å². The fourth-order valence-electron chi connectivity index (χ4n) is 1.17. The normalized spacial score (nSPS) is 14.3. The number of hydrogen-bond donors (Lipinski definition) is 1. The van der Waals surface area contributed by atoms with Crippen LogP contribution in [0.3, 0.4) is 0 Å². The van der Waals surface area contributed by atoms with Crippen molar-refractivity contribution in [2.75, 3.05) is 0 Å². The molecule has 12 heavy (non-hydrogen) atoms. The van der Waals surface area contributed by atoms with E-state index in [4.69, 9.17) is 11.6 Å². The van der Waals surface area contributed by atoms with Gasteiger partial charge >= 0.3 is 0 Å². The van der Waals surface area contributed by atoms with Crippen LogP contribution >= 0.6 is 27.5 Å². The van der Waals surface area contributed by atoms with Crippen LogP contribution in [0.1, 0.15) is 15.9 Å². The molecule has 0 atom stereocenters. The zero-order valence-electron chi connectivity index (χ0n) is 5.90. The first-order valence-electron chi connectivity index (χ1n) is 3.31. The van der Waals surface area contributed by atoms with E-state index >= 15 is 0 Å². The topological polar surface area (TPSA) is 42.0 Å². The summed E-state index contributed by atoms with van der Waals surface area (Å²) in [6.07, 6.45) is 1.47. The minimum Gasteiger partial charge on any atom is -0.348 e. The Morgan fingerprint density at radius 3 is 3.08 bits per heavy atom. The number of nitrogens with zero attached hydrogens (tertiary/aromatic N) is 1. The number of nitrogens with one attached hydrogen (secondary N) is 1. The lowest BCUT2D eigenvalue weighted by atomic mass is 10.2. The Balaban J connectivity index is 2.72. The highest BCUT2D eigenvalue weighted by molar-refractivity contribution is 9.10. The van der Waals surface area contributed by atoms with Crippen molar-refractivity contribution in [3.8, 4) is 0 Å². The smallest absolute Gasteiger partial charge is 0.253 e. The molecule has 5 heteroatoms. The Kier molecular flexibility index (Phi) is 1.81. The zero-order chi connectivity index (χ0) is 8.72. The molecule has 1 N–H and O–H groups in total. The molecule has 1 aliphatic rings. The second-order valence-corrected chi connectivity index (χ2v) is 3.59. The van der Waals surface area contributed by atoms with Gasteiger partial charge in [0.25, 0.3) is 5.91 Å². The van der Waals surface area contributed by atoms with E-state index in [2.05, 4.69) is 26.2 Å². The molecule has 1 aromatic rings. The van der Waals surface area contributed by atoms with Crippen molar-refractivity contribution < 1.29 is 4.79 Å². The molecule has 0 aliphatic carbocycles. The third-order valence-electron chi connectivity index (χ3n) is 1.73. The number of halogens is 2. The van der Waals surface area contributed by atoms with E-state index in [9.17, 15) is 4.79 Å². The van der Waals surface area contributed by atoms with Gasteiger partial charge in [-0.05, 0) is 15.9 Å². The molecule has 0 bridgehead atoms. The summed E-state index contributed by atoms with van der Waals surface area (Å²) >= 11 is 9.04. The molecule has 2 heterocycles. The quantitative estimate of drug-likeness (QED) is 0.710. The average molecular weight is 247 g/mol. The lowest BCUT2D eigenvalue weighted by Crippen LogP contribution is -2.12. The largest absolute Gasteiger partial charge is 0.348 e. The summed E-state index contributed by atoms with van der Waals surface area (Å²) in [6, 6.07) is 0. The van der Waals surface area contributed by atoms with Gasteiger partial charge in [0, 0.05) is 18.3 Å². The van der Waals surface area contributed by atoms with E-state index in [1.165, 1.54) is 6.20 Å². The van der Waals surface area contributed by atoms with Gasteiger partial charge in [-0.2, -0.15) is 0 Å². The van der Waals surface area contributed by atoms with Crippen molar-refractivity contribution in [2.45, 2.75) is 6.54 Å². The third kappa shape index (κ3) is 1.03. The predicted octanol–water partition coefficient (Wildman–Crippen LogP) is 1.74. The van der Waals surface area contributed by atoms with Gasteiger partial charge in [-0.3, -0.25) is 4.79 Å². The van der Waals surface area contributed by atoms with Crippen LogP contribution in [0, 0.1) is 0 Å². The highest BCUT2D eigenvalue weighted by Gasteiger charge is 2.24. The Hall–Kier alpha value is -0.610. The SMILES string of the molecule is O=C1NCc2c(Br)ncc(Cl)c21. The minimum absolute atomic E-state index is 0.127. The maximum Gasteiger partial charge on any atom is 0.253 e. The first-order chi connectivity index (χ1) is 5.70. The van der Waals surface area contributed by atoms with E-state index in [0.29, 0.717) is 21.7 Å². The molecule has 1 aliphatic heterocycles. The van der Waals surface area contributed by atoms with Crippen molar-refractivity contribution in [1.29, 1.82) is 0 Å². The Morgan fingerprint density at radius 2 is 2.42 bits per heavy atom. The number of aromatic nitrogens is 1. The zero-order valence-corrected chi connectivity index (χ0v) is 8.24. The molecule has 0 unspecified atom stereocenters. The van der Waals surface area contributed by atoms with E-state index in [1.54, 1.807) is 0 Å². The Labute approximate surface area is 82.3 Å². The van der Waals surface area contributed by atoms with Gasteiger partial charge in [0.15, 0.2) is 0 Å². The molecule has 0 saturated heterocycles. The second kappa shape index (κ2) is 2.71. The predicted molar refractivity (Wildman–Crippen MR) is 48.1 cm³/mol. The highest BCUT2D eigenvalue weighted by Crippen LogP contribution is 2.28. The summed E-state index contributed by atoms with van der Waals surface area (Å²) in [5, 5.41) is 3.08. The maximum absolute atomic E-state index is 11.2. The number of fused-ring (bicyclic) bond motifs is 1. The van der Waals surface area contributed by atoms with Crippen LogP contribution in [0.15, 0.2) is 10.8 Å². The molecule has 0 aromatic carbocycles. The monoisotopic (exact) mass is 246 g/mol. The van der Waals surface area contributed by atoms with E-state index in [-0.39, 0.29) is 5.91 Å². The molecule has 2 rings (SSSR count). The van der Waals surface area contributed by atoms with E-state index in [0.717, 1.165) is 5.56 Å². The summed E-state index contributed by atoms with van der Waals surface area (Å²) in [6.45, 7) is 0.502.